The normalized spacial score (nSPS) is 15.9. The van der Waals surface area contributed by atoms with E-state index in [4.69, 9.17) is 0 Å². The molecule has 0 rings (SSSR count). The zero-order valence-corrected chi connectivity index (χ0v) is 14.3. The van der Waals surface area contributed by atoms with E-state index in [1.807, 2.05) is 13.8 Å². The highest BCUT2D eigenvalue weighted by molar-refractivity contribution is 5.75. The van der Waals surface area contributed by atoms with Crippen molar-refractivity contribution < 1.29 is 23.9 Å². The molecule has 0 aromatic rings. The van der Waals surface area contributed by atoms with Crippen molar-refractivity contribution in [1.82, 2.24) is 10.6 Å². The van der Waals surface area contributed by atoms with Gasteiger partial charge in [-0.05, 0) is 26.7 Å². The van der Waals surface area contributed by atoms with Crippen LogP contribution in [0.3, 0.4) is 0 Å². The van der Waals surface area contributed by atoms with E-state index in [1.165, 1.54) is 14.2 Å². The van der Waals surface area contributed by atoms with Crippen LogP contribution in [0.25, 0.3) is 0 Å². The maximum absolute atomic E-state index is 11.9. The average molecular weight is 316 g/mol. The maximum atomic E-state index is 11.9. The Morgan fingerprint density at radius 3 is 1.36 bits per heavy atom. The first kappa shape index (κ1) is 20.2. The van der Waals surface area contributed by atoms with Crippen LogP contribution in [0.2, 0.25) is 0 Å². The fraction of sp³-hybridized carbons (Fsp3) is 0.800. The van der Waals surface area contributed by atoms with Crippen LogP contribution in [0.5, 0.6) is 0 Å². The second-order valence-corrected chi connectivity index (χ2v) is 5.74. The minimum atomic E-state index is -0.325. The molecule has 2 N–H and O–H groups in total. The molecular weight excluding hydrogens is 288 g/mol. The number of hydrogen-bond acceptors (Lipinski definition) is 5. The van der Waals surface area contributed by atoms with Crippen molar-refractivity contribution >= 4 is 18.0 Å². The third kappa shape index (κ3) is 7.85. The van der Waals surface area contributed by atoms with Gasteiger partial charge in [0.2, 0.25) is 0 Å². The number of carbonyl (C=O) groups excluding carboxylic acids is 3. The van der Waals surface area contributed by atoms with E-state index in [2.05, 4.69) is 20.1 Å². The summed E-state index contributed by atoms with van der Waals surface area (Å²) in [5, 5.41) is 5.53. The van der Waals surface area contributed by atoms with Crippen LogP contribution >= 0.6 is 0 Å². The van der Waals surface area contributed by atoms with E-state index in [1.54, 1.807) is 13.8 Å². The van der Waals surface area contributed by atoms with Crippen molar-refractivity contribution in [2.24, 2.45) is 11.8 Å². The summed E-state index contributed by atoms with van der Waals surface area (Å²) in [5.41, 5.74) is 0. The summed E-state index contributed by atoms with van der Waals surface area (Å²) < 4.78 is 9.30. The van der Waals surface area contributed by atoms with Crippen molar-refractivity contribution in [3.8, 4) is 0 Å². The molecule has 0 spiro atoms. The average Bonchev–Trinajstić information content (AvgIpc) is 2.44. The Kier molecular flexibility index (Phi) is 9.21. The van der Waals surface area contributed by atoms with Crippen molar-refractivity contribution in [1.29, 1.82) is 0 Å². The molecule has 7 nitrogen and oxygen atoms in total. The first-order chi connectivity index (χ1) is 10.2. The fourth-order valence-electron chi connectivity index (χ4n) is 2.26. The van der Waals surface area contributed by atoms with Gasteiger partial charge >= 0.3 is 18.0 Å². The minimum absolute atomic E-state index is 0.167. The molecule has 0 saturated heterocycles. The number of nitrogens with one attached hydrogen (secondary N) is 2. The van der Waals surface area contributed by atoms with Crippen LogP contribution in [0.15, 0.2) is 0 Å². The molecule has 0 radical (unpaired) electrons. The number of methoxy groups -OCH3 is 2. The lowest BCUT2D eigenvalue weighted by Gasteiger charge is -2.21. The number of hydrogen-bond donors (Lipinski definition) is 2. The highest BCUT2D eigenvalue weighted by atomic mass is 16.5. The van der Waals surface area contributed by atoms with Crippen LogP contribution < -0.4 is 10.6 Å². The Morgan fingerprint density at radius 2 is 1.09 bits per heavy atom. The first-order valence-electron chi connectivity index (χ1n) is 7.43. The van der Waals surface area contributed by atoms with Gasteiger partial charge in [0.25, 0.3) is 0 Å². The number of urea groups is 1. The van der Waals surface area contributed by atoms with E-state index < -0.39 is 0 Å². The zero-order valence-electron chi connectivity index (χ0n) is 14.3. The zero-order chi connectivity index (χ0) is 17.3. The fourth-order valence-corrected chi connectivity index (χ4v) is 2.26. The molecule has 4 atom stereocenters. The lowest BCUT2D eigenvalue weighted by Crippen LogP contribution is -2.45. The Hall–Kier alpha value is -1.79. The number of amides is 2. The van der Waals surface area contributed by atoms with Gasteiger partial charge < -0.3 is 20.1 Å². The van der Waals surface area contributed by atoms with Crippen LogP contribution in [-0.2, 0) is 19.1 Å². The van der Waals surface area contributed by atoms with Gasteiger partial charge in [-0.3, -0.25) is 9.59 Å². The Balaban J connectivity index is 4.16. The van der Waals surface area contributed by atoms with E-state index in [0.717, 1.165) is 0 Å². The van der Waals surface area contributed by atoms with Gasteiger partial charge in [-0.25, -0.2) is 4.79 Å². The quantitative estimate of drug-likeness (QED) is 0.661. The third-order valence-electron chi connectivity index (χ3n) is 3.38. The van der Waals surface area contributed by atoms with Gasteiger partial charge in [0.05, 0.1) is 26.1 Å². The monoisotopic (exact) mass is 316 g/mol. The second kappa shape index (κ2) is 10.0. The molecule has 7 heteroatoms. The Bertz CT molecular complexity index is 352. The predicted molar refractivity (Wildman–Crippen MR) is 82.2 cm³/mol. The van der Waals surface area contributed by atoms with Crippen LogP contribution in [0.4, 0.5) is 4.79 Å². The second-order valence-electron chi connectivity index (χ2n) is 5.74. The minimum Gasteiger partial charge on any atom is -0.469 e. The Labute approximate surface area is 132 Å². The molecule has 2 amide bonds. The highest BCUT2D eigenvalue weighted by Gasteiger charge is 2.20. The number of esters is 2. The molecule has 0 bridgehead atoms. The van der Waals surface area contributed by atoms with Crippen LogP contribution in [0.1, 0.15) is 40.5 Å². The van der Waals surface area contributed by atoms with Crippen LogP contribution in [0, 0.1) is 11.8 Å². The molecular formula is C15H28N2O5. The largest absolute Gasteiger partial charge is 0.469 e. The molecule has 0 aliphatic rings. The van der Waals surface area contributed by atoms with Crippen LogP contribution in [-0.4, -0.2) is 44.3 Å². The van der Waals surface area contributed by atoms with Crippen molar-refractivity contribution in [3.05, 3.63) is 0 Å². The van der Waals surface area contributed by atoms with Gasteiger partial charge in [-0.1, -0.05) is 13.8 Å². The van der Waals surface area contributed by atoms with Crippen molar-refractivity contribution in [2.75, 3.05) is 14.2 Å². The summed E-state index contributed by atoms with van der Waals surface area (Å²) in [7, 11) is 2.68. The summed E-state index contributed by atoms with van der Waals surface area (Å²) in [4.78, 5) is 34.5. The van der Waals surface area contributed by atoms with E-state index in [0.29, 0.717) is 12.8 Å². The lowest BCUT2D eigenvalue weighted by molar-refractivity contribution is -0.146. The smallest absolute Gasteiger partial charge is 0.315 e. The van der Waals surface area contributed by atoms with Gasteiger partial charge in [0.1, 0.15) is 0 Å². The molecule has 0 saturated carbocycles. The molecule has 128 valence electrons. The standard InChI is InChI=1S/C15H28N2O5/c1-9(13(18)21-5)7-11(3)16-15(20)17-12(4)8-10(2)14(19)22-6/h9-12H,7-8H2,1-6H3,(H2,16,17,20)/t9-,10?,11+,12?/m1/s1. The summed E-state index contributed by atoms with van der Waals surface area (Å²) >= 11 is 0. The predicted octanol–water partition coefficient (Wildman–Crippen LogP) is 1.46. The number of rotatable bonds is 8. The molecule has 0 fully saturated rings. The molecule has 0 aliphatic carbocycles. The summed E-state index contributed by atoms with van der Waals surface area (Å²) in [6.07, 6.45) is 0.986. The molecule has 0 aromatic carbocycles. The molecule has 0 heterocycles. The number of ether oxygens (including phenoxy) is 2. The van der Waals surface area contributed by atoms with Gasteiger partial charge in [0, 0.05) is 12.1 Å². The van der Waals surface area contributed by atoms with Crippen molar-refractivity contribution in [2.45, 2.75) is 52.6 Å². The summed E-state index contributed by atoms with van der Waals surface area (Å²) in [6.45, 7) is 7.15. The first-order valence-corrected chi connectivity index (χ1v) is 7.43. The maximum Gasteiger partial charge on any atom is 0.315 e. The third-order valence-corrected chi connectivity index (χ3v) is 3.38. The lowest BCUT2D eigenvalue weighted by atomic mass is 10.0. The highest BCUT2D eigenvalue weighted by Crippen LogP contribution is 2.09. The SMILES string of the molecule is COC(=O)C(C)CC(C)NC(=O)N[C@@H](C)C[C@@H](C)C(=O)OC. The van der Waals surface area contributed by atoms with Gasteiger partial charge in [-0.2, -0.15) is 0 Å². The molecule has 0 aliphatic heterocycles. The van der Waals surface area contributed by atoms with Crippen molar-refractivity contribution in [3.63, 3.8) is 0 Å². The van der Waals surface area contributed by atoms with E-state index in [9.17, 15) is 14.4 Å². The van der Waals surface area contributed by atoms with E-state index >= 15 is 0 Å². The molecule has 0 aromatic heterocycles. The number of carbonyl (C=O) groups is 3. The van der Waals surface area contributed by atoms with E-state index in [-0.39, 0.29) is 41.9 Å². The summed E-state index contributed by atoms with van der Waals surface area (Å²) in [5.74, 6) is -1.15. The van der Waals surface area contributed by atoms with Gasteiger partial charge in [-0.15, -0.1) is 0 Å². The topological polar surface area (TPSA) is 93.7 Å². The molecule has 2 unspecified atom stereocenters. The summed E-state index contributed by atoms with van der Waals surface area (Å²) in [6, 6.07) is -0.659. The van der Waals surface area contributed by atoms with Gasteiger partial charge in [0.15, 0.2) is 0 Å². The Morgan fingerprint density at radius 1 is 0.773 bits per heavy atom. The molecule has 22 heavy (non-hydrogen) atoms.